The number of sulfone groups is 1. The largest absolute Gasteiger partial charge is 1.00 e. The van der Waals surface area contributed by atoms with Crippen LogP contribution in [0.15, 0.2) is 12.4 Å². The zero-order chi connectivity index (χ0) is 16.3. The van der Waals surface area contributed by atoms with Gasteiger partial charge in [0.1, 0.15) is 11.7 Å². The summed E-state index contributed by atoms with van der Waals surface area (Å²) in [5.74, 6) is -3.14. The number of rotatable bonds is 4. The molecule has 1 amide bonds. The van der Waals surface area contributed by atoms with Gasteiger partial charge in [-0.3, -0.25) is 4.79 Å². The van der Waals surface area contributed by atoms with E-state index in [2.05, 4.69) is 9.97 Å². The number of carbonyl (C=O) groups excluding carboxylic acids is 2. The van der Waals surface area contributed by atoms with Gasteiger partial charge in [-0.2, -0.15) is 0 Å². The van der Waals surface area contributed by atoms with Crippen LogP contribution in [0.4, 0.5) is 0 Å². The molecule has 4 atom stereocenters. The second-order valence-electron chi connectivity index (χ2n) is 5.64. The van der Waals surface area contributed by atoms with E-state index in [4.69, 9.17) is 5.11 Å². The Balaban J connectivity index is 0.00000192. The van der Waals surface area contributed by atoms with Gasteiger partial charge in [0.05, 0.1) is 16.8 Å². The first-order valence-electron chi connectivity index (χ1n) is 6.64. The third kappa shape index (κ3) is 2.36. The number of aliphatic hydroxyl groups excluding tert-OH is 1. The molecule has 0 aliphatic carbocycles. The van der Waals surface area contributed by atoms with Crippen LogP contribution in [0.25, 0.3) is 0 Å². The van der Waals surface area contributed by atoms with Crippen LogP contribution in [0.1, 0.15) is 25.1 Å². The van der Waals surface area contributed by atoms with Crippen molar-refractivity contribution >= 4 is 21.7 Å². The third-order valence-electron chi connectivity index (χ3n) is 4.55. The second kappa shape index (κ2) is 6.21. The Bertz CT molecular complexity index is 736. The summed E-state index contributed by atoms with van der Waals surface area (Å²) in [5.41, 5.74) is 0. The molecular formula is C12H14KN3O6S. The van der Waals surface area contributed by atoms with Gasteiger partial charge in [0.2, 0.25) is 5.91 Å². The summed E-state index contributed by atoms with van der Waals surface area (Å²) < 4.78 is 23.8. The molecule has 0 spiro atoms. The molecule has 23 heavy (non-hydrogen) atoms. The van der Waals surface area contributed by atoms with Crippen molar-refractivity contribution in [1.29, 1.82) is 0 Å². The summed E-state index contributed by atoms with van der Waals surface area (Å²) in [4.78, 5) is 31.1. The molecule has 2 N–H and O–H groups in total. The Labute approximate surface area is 174 Å². The Kier molecular flexibility index (Phi) is 5.13. The molecule has 2 aliphatic rings. The molecule has 0 aromatic carbocycles. The molecule has 120 valence electrons. The smallest absolute Gasteiger partial charge is 0.548 e. The fraction of sp³-hybridized carbons (Fsp3) is 0.583. The number of carboxylic acids is 1. The zero-order valence-corrected chi connectivity index (χ0v) is 16.5. The van der Waals surface area contributed by atoms with E-state index in [1.165, 1.54) is 19.3 Å². The van der Waals surface area contributed by atoms with Crippen molar-refractivity contribution in [2.24, 2.45) is 0 Å². The number of imidazole rings is 1. The van der Waals surface area contributed by atoms with Crippen LogP contribution in [0.5, 0.6) is 0 Å². The van der Waals surface area contributed by atoms with Gasteiger partial charge in [-0.1, -0.05) is 0 Å². The molecule has 0 radical (unpaired) electrons. The van der Waals surface area contributed by atoms with Crippen molar-refractivity contribution in [3.8, 4) is 0 Å². The first-order valence-corrected chi connectivity index (χ1v) is 8.18. The summed E-state index contributed by atoms with van der Waals surface area (Å²) in [5, 5.41) is 19.3. The molecule has 9 nitrogen and oxygen atoms in total. The topological polar surface area (TPSA) is 143 Å². The molecule has 0 bridgehead atoms. The van der Waals surface area contributed by atoms with Gasteiger partial charge in [0.15, 0.2) is 15.2 Å². The number of aliphatic carboxylic acids is 1. The Morgan fingerprint density at radius 1 is 1.57 bits per heavy atom. The van der Waals surface area contributed by atoms with Crippen LogP contribution in [-0.2, 0) is 19.4 Å². The number of aromatic nitrogens is 2. The molecule has 2 fully saturated rings. The minimum atomic E-state index is -4.03. The number of nitrogens with zero attached hydrogens (tertiary/aromatic N) is 2. The molecule has 11 heteroatoms. The van der Waals surface area contributed by atoms with Gasteiger partial charge in [0.25, 0.3) is 0 Å². The Morgan fingerprint density at radius 3 is 2.70 bits per heavy atom. The fourth-order valence-corrected chi connectivity index (χ4v) is 5.96. The maximum Gasteiger partial charge on any atom is 1.00 e. The number of aliphatic hydroxyl groups is 1. The summed E-state index contributed by atoms with van der Waals surface area (Å²) in [6, 6.07) is -1.62. The number of H-pyrrole nitrogens is 1. The number of fused-ring (bicyclic) bond motifs is 1. The quantitative estimate of drug-likeness (QED) is 0.399. The van der Waals surface area contributed by atoms with E-state index in [0.717, 1.165) is 4.90 Å². The molecule has 1 aromatic rings. The van der Waals surface area contributed by atoms with Crippen molar-refractivity contribution in [3.63, 3.8) is 0 Å². The number of hydrogen-bond acceptors (Lipinski definition) is 7. The van der Waals surface area contributed by atoms with Crippen LogP contribution in [0.2, 0.25) is 0 Å². The van der Waals surface area contributed by atoms with Crippen LogP contribution in [0, 0.1) is 0 Å². The van der Waals surface area contributed by atoms with E-state index in [0.29, 0.717) is 0 Å². The van der Waals surface area contributed by atoms with Crippen LogP contribution < -0.4 is 56.5 Å². The van der Waals surface area contributed by atoms with E-state index >= 15 is 0 Å². The number of hydrogen-bond donors (Lipinski definition) is 2. The van der Waals surface area contributed by atoms with Crippen LogP contribution in [-0.4, -0.2) is 63.0 Å². The molecule has 0 saturated carbocycles. The standard InChI is InChI=1S/C12H15N3O6S.K/c1-12(2-5-16)7(11(18)19)15-9(17)6(8-13-3-4-14-8)10(15)22(12,20)21;/h3-4,6-7,10,16H,2,5H2,1H3,(H,13,14)(H,18,19);/q;+1/p-1/t6?,7-,10+,12?;/m0./s1. The van der Waals surface area contributed by atoms with Gasteiger partial charge in [-0.15, -0.1) is 0 Å². The number of aromatic amines is 1. The summed E-state index contributed by atoms with van der Waals surface area (Å²) in [7, 11) is -4.03. The predicted molar refractivity (Wildman–Crippen MR) is 69.8 cm³/mol. The van der Waals surface area contributed by atoms with Crippen molar-refractivity contribution < 1.29 is 79.6 Å². The van der Waals surface area contributed by atoms with Crippen molar-refractivity contribution in [3.05, 3.63) is 18.2 Å². The molecule has 2 saturated heterocycles. The predicted octanol–water partition coefficient (Wildman–Crippen LogP) is -5.65. The van der Waals surface area contributed by atoms with E-state index in [1.807, 2.05) is 0 Å². The minimum Gasteiger partial charge on any atom is -0.548 e. The van der Waals surface area contributed by atoms with E-state index in [-0.39, 0.29) is 63.6 Å². The minimum absolute atomic E-state index is 0. The summed E-state index contributed by atoms with van der Waals surface area (Å²) in [6.07, 6.45) is 2.55. The number of β-lactam (4-membered cyclic amide) rings is 1. The van der Waals surface area contributed by atoms with E-state index in [9.17, 15) is 23.1 Å². The van der Waals surface area contributed by atoms with Gasteiger partial charge >= 0.3 is 51.4 Å². The van der Waals surface area contributed by atoms with Crippen molar-refractivity contribution in [2.75, 3.05) is 6.61 Å². The van der Waals surface area contributed by atoms with Gasteiger partial charge in [0, 0.05) is 19.0 Å². The summed E-state index contributed by atoms with van der Waals surface area (Å²) in [6.45, 7) is 0.712. The number of carbonyl (C=O) groups is 2. The maximum atomic E-state index is 12.8. The van der Waals surface area contributed by atoms with E-state index < -0.39 is 50.4 Å². The average Bonchev–Trinajstić information content (AvgIpc) is 2.97. The second-order valence-corrected chi connectivity index (χ2v) is 8.15. The zero-order valence-electron chi connectivity index (χ0n) is 12.6. The van der Waals surface area contributed by atoms with Gasteiger partial charge in [-0.05, 0) is 13.3 Å². The maximum absolute atomic E-state index is 12.8. The summed E-state index contributed by atoms with van der Waals surface area (Å²) >= 11 is 0. The molecule has 3 rings (SSSR count). The van der Waals surface area contributed by atoms with Crippen molar-refractivity contribution in [1.82, 2.24) is 14.9 Å². The number of amides is 1. The Hall–Kier alpha value is -0.304. The molecule has 1 aromatic heterocycles. The van der Waals surface area contributed by atoms with Gasteiger partial charge < -0.3 is 24.9 Å². The van der Waals surface area contributed by atoms with Crippen molar-refractivity contribution in [2.45, 2.75) is 35.4 Å². The van der Waals surface area contributed by atoms with Crippen LogP contribution >= 0.6 is 0 Å². The average molecular weight is 367 g/mol. The third-order valence-corrected chi connectivity index (χ3v) is 7.41. The van der Waals surface area contributed by atoms with E-state index in [1.54, 1.807) is 0 Å². The molecular weight excluding hydrogens is 353 g/mol. The van der Waals surface area contributed by atoms with Gasteiger partial charge in [-0.25, -0.2) is 13.4 Å². The molecule has 3 heterocycles. The molecule has 2 unspecified atom stereocenters. The first-order chi connectivity index (χ1) is 10.3. The first kappa shape index (κ1) is 19.0. The molecule has 2 aliphatic heterocycles. The monoisotopic (exact) mass is 367 g/mol. The van der Waals surface area contributed by atoms with Crippen LogP contribution in [0.3, 0.4) is 0 Å². The Morgan fingerprint density at radius 2 is 2.22 bits per heavy atom. The number of nitrogens with one attached hydrogen (secondary N) is 1. The SMILES string of the molecule is CC1(CCO)[C@H](C(=O)[O-])N2C(=O)C(c3ncc[nH]3)[C@H]2S1(=O)=O.[K+]. The normalized spacial score (nSPS) is 34.4. The number of carboxylic acid groups (broad SMARTS) is 1. The fourth-order valence-electron chi connectivity index (χ4n) is 3.38.